The molecule has 0 atom stereocenters. The van der Waals surface area contributed by atoms with Gasteiger partial charge in [-0.3, -0.25) is 4.79 Å². The Morgan fingerprint density at radius 2 is 2.04 bits per heavy atom. The van der Waals surface area contributed by atoms with Crippen LogP contribution in [0.2, 0.25) is 0 Å². The molecule has 1 amide bonds. The number of carbonyl (C=O) groups is 1. The lowest BCUT2D eigenvalue weighted by atomic mass is 10.2. The third-order valence-electron chi connectivity index (χ3n) is 4.27. The Bertz CT molecular complexity index is 818. The van der Waals surface area contributed by atoms with Crippen LogP contribution in [0.4, 0.5) is 0 Å². The van der Waals surface area contributed by atoms with Crippen molar-refractivity contribution in [2.45, 2.75) is 25.8 Å². The van der Waals surface area contributed by atoms with Crippen LogP contribution in [0.15, 0.2) is 48.7 Å². The summed E-state index contributed by atoms with van der Waals surface area (Å²) >= 11 is 0. The predicted octanol–water partition coefficient (Wildman–Crippen LogP) is 2.62. The van der Waals surface area contributed by atoms with E-state index >= 15 is 0 Å². The van der Waals surface area contributed by atoms with Gasteiger partial charge < -0.3 is 10.3 Å². The van der Waals surface area contributed by atoms with E-state index in [1.165, 1.54) is 11.3 Å². The van der Waals surface area contributed by atoms with Crippen molar-refractivity contribution in [1.29, 1.82) is 0 Å². The highest BCUT2D eigenvalue weighted by atomic mass is 16.1. The molecule has 3 aromatic rings. The second-order valence-electron chi connectivity index (χ2n) is 5.74. The van der Waals surface area contributed by atoms with Gasteiger partial charge in [0.05, 0.1) is 17.9 Å². The Labute approximate surface area is 134 Å². The summed E-state index contributed by atoms with van der Waals surface area (Å²) in [6, 6.07) is 13.7. The fourth-order valence-corrected chi connectivity index (χ4v) is 3.17. The summed E-state index contributed by atoms with van der Waals surface area (Å²) < 4.78 is 2.03. The van der Waals surface area contributed by atoms with E-state index in [2.05, 4.69) is 22.4 Å². The lowest BCUT2D eigenvalue weighted by Crippen LogP contribution is -2.23. The highest BCUT2D eigenvalue weighted by molar-refractivity contribution is 5.92. The summed E-state index contributed by atoms with van der Waals surface area (Å²) in [5.41, 5.74) is 5.19. The van der Waals surface area contributed by atoms with E-state index in [4.69, 9.17) is 5.10 Å². The summed E-state index contributed by atoms with van der Waals surface area (Å²) in [5.74, 6) is -0.101. The van der Waals surface area contributed by atoms with Crippen LogP contribution in [0.3, 0.4) is 0 Å². The van der Waals surface area contributed by atoms with Gasteiger partial charge in [-0.25, -0.2) is 4.68 Å². The van der Waals surface area contributed by atoms with Gasteiger partial charge in [-0.2, -0.15) is 5.10 Å². The number of hydrogen-bond donors (Lipinski definition) is 2. The van der Waals surface area contributed by atoms with E-state index in [-0.39, 0.29) is 5.91 Å². The molecule has 2 heterocycles. The summed E-state index contributed by atoms with van der Waals surface area (Å²) in [6.07, 6.45) is 4.98. The Morgan fingerprint density at radius 1 is 1.17 bits per heavy atom. The molecule has 23 heavy (non-hydrogen) atoms. The monoisotopic (exact) mass is 306 g/mol. The Hall–Kier alpha value is -2.82. The molecule has 5 nitrogen and oxygen atoms in total. The van der Waals surface area contributed by atoms with E-state index in [0.29, 0.717) is 12.2 Å². The minimum absolute atomic E-state index is 0.101. The minimum atomic E-state index is -0.101. The van der Waals surface area contributed by atoms with E-state index in [9.17, 15) is 4.79 Å². The molecule has 0 saturated carbocycles. The van der Waals surface area contributed by atoms with Crippen LogP contribution >= 0.6 is 0 Å². The fraction of sp³-hybridized carbons (Fsp3) is 0.222. The molecule has 0 saturated heterocycles. The van der Waals surface area contributed by atoms with E-state index in [1.54, 1.807) is 12.3 Å². The molecule has 4 rings (SSSR count). The van der Waals surface area contributed by atoms with Crippen molar-refractivity contribution in [2.75, 3.05) is 0 Å². The number of amides is 1. The number of nitrogens with zero attached hydrogens (tertiary/aromatic N) is 2. The maximum absolute atomic E-state index is 12.1. The number of carbonyl (C=O) groups excluding carboxylic acids is 1. The number of H-pyrrole nitrogens is 1. The van der Waals surface area contributed by atoms with Gasteiger partial charge in [0.15, 0.2) is 0 Å². The van der Waals surface area contributed by atoms with Crippen LogP contribution in [-0.4, -0.2) is 20.7 Å². The first-order valence-electron chi connectivity index (χ1n) is 7.89. The molecule has 0 radical (unpaired) electrons. The second-order valence-corrected chi connectivity index (χ2v) is 5.74. The third kappa shape index (κ3) is 2.54. The van der Waals surface area contributed by atoms with E-state index < -0.39 is 0 Å². The van der Waals surface area contributed by atoms with Crippen LogP contribution in [0.25, 0.3) is 5.69 Å². The number of rotatable bonds is 4. The highest BCUT2D eigenvalue weighted by Gasteiger charge is 2.23. The van der Waals surface area contributed by atoms with Gasteiger partial charge in [-0.05, 0) is 49.1 Å². The first kappa shape index (κ1) is 13.8. The maximum atomic E-state index is 12.1. The quantitative estimate of drug-likeness (QED) is 0.778. The van der Waals surface area contributed by atoms with Gasteiger partial charge in [0.1, 0.15) is 5.69 Å². The van der Waals surface area contributed by atoms with Crippen LogP contribution < -0.4 is 5.32 Å². The van der Waals surface area contributed by atoms with Crippen molar-refractivity contribution in [3.8, 4) is 5.69 Å². The van der Waals surface area contributed by atoms with Crippen molar-refractivity contribution in [2.24, 2.45) is 0 Å². The first-order valence-corrected chi connectivity index (χ1v) is 7.89. The SMILES string of the molecule is O=C(NCc1nn(-c2ccccc2)c2c1CCC2)c1ccc[nH]1. The smallest absolute Gasteiger partial charge is 0.268 e. The number of hydrogen-bond acceptors (Lipinski definition) is 2. The zero-order valence-electron chi connectivity index (χ0n) is 12.7. The fourth-order valence-electron chi connectivity index (χ4n) is 3.17. The third-order valence-corrected chi connectivity index (χ3v) is 4.27. The molecule has 1 aliphatic rings. The number of fused-ring (bicyclic) bond motifs is 1. The number of benzene rings is 1. The largest absolute Gasteiger partial charge is 0.357 e. The molecule has 0 bridgehead atoms. The molecule has 2 N–H and O–H groups in total. The number of aromatic amines is 1. The van der Waals surface area contributed by atoms with Gasteiger partial charge in [-0.1, -0.05) is 18.2 Å². The Kier molecular flexibility index (Phi) is 3.46. The van der Waals surface area contributed by atoms with Gasteiger partial charge in [0, 0.05) is 11.9 Å². The highest BCUT2D eigenvalue weighted by Crippen LogP contribution is 2.27. The summed E-state index contributed by atoms with van der Waals surface area (Å²) in [4.78, 5) is 15.0. The van der Waals surface area contributed by atoms with Crippen molar-refractivity contribution in [1.82, 2.24) is 20.1 Å². The number of nitrogens with one attached hydrogen (secondary N) is 2. The molecule has 5 heteroatoms. The first-order chi connectivity index (χ1) is 11.3. The molecule has 2 aromatic heterocycles. The molecule has 116 valence electrons. The standard InChI is InChI=1S/C18H18N4O/c23-18(15-9-5-11-19-15)20-12-16-14-8-4-10-17(14)22(21-16)13-6-2-1-3-7-13/h1-3,5-7,9,11,19H,4,8,10,12H2,(H,20,23). The lowest BCUT2D eigenvalue weighted by Gasteiger charge is -2.05. The molecule has 0 spiro atoms. The molecule has 1 aliphatic carbocycles. The molecular weight excluding hydrogens is 288 g/mol. The van der Waals surface area contributed by atoms with Gasteiger partial charge in [0.2, 0.25) is 0 Å². The van der Waals surface area contributed by atoms with Crippen molar-refractivity contribution < 1.29 is 4.79 Å². The van der Waals surface area contributed by atoms with Gasteiger partial charge in [-0.15, -0.1) is 0 Å². The normalized spacial score (nSPS) is 13.0. The van der Waals surface area contributed by atoms with Gasteiger partial charge in [0.25, 0.3) is 5.91 Å². The molecule has 0 unspecified atom stereocenters. The van der Waals surface area contributed by atoms with E-state index in [1.807, 2.05) is 28.9 Å². The summed E-state index contributed by atoms with van der Waals surface area (Å²) in [6.45, 7) is 0.458. The van der Waals surface area contributed by atoms with Crippen LogP contribution in [0, 0.1) is 0 Å². The zero-order chi connectivity index (χ0) is 15.6. The lowest BCUT2D eigenvalue weighted by molar-refractivity contribution is 0.0946. The Morgan fingerprint density at radius 3 is 2.83 bits per heavy atom. The molecule has 0 aliphatic heterocycles. The average molecular weight is 306 g/mol. The second kappa shape index (κ2) is 5.76. The van der Waals surface area contributed by atoms with Crippen LogP contribution in [-0.2, 0) is 19.4 Å². The predicted molar refractivity (Wildman–Crippen MR) is 87.6 cm³/mol. The molecular formula is C18H18N4O. The molecule has 0 fully saturated rings. The van der Waals surface area contributed by atoms with E-state index in [0.717, 1.165) is 30.6 Å². The summed E-state index contributed by atoms with van der Waals surface area (Å²) in [5, 5.41) is 7.70. The van der Waals surface area contributed by atoms with Crippen LogP contribution in [0.5, 0.6) is 0 Å². The maximum Gasteiger partial charge on any atom is 0.268 e. The number of para-hydroxylation sites is 1. The molecule has 1 aromatic carbocycles. The minimum Gasteiger partial charge on any atom is -0.357 e. The van der Waals surface area contributed by atoms with Gasteiger partial charge >= 0.3 is 0 Å². The summed E-state index contributed by atoms with van der Waals surface area (Å²) in [7, 11) is 0. The number of aromatic nitrogens is 3. The van der Waals surface area contributed by atoms with Crippen molar-refractivity contribution in [3.63, 3.8) is 0 Å². The average Bonchev–Trinajstić information content (AvgIpc) is 3.31. The Balaban J connectivity index is 1.59. The van der Waals surface area contributed by atoms with Crippen molar-refractivity contribution >= 4 is 5.91 Å². The zero-order valence-corrected chi connectivity index (χ0v) is 12.7. The van der Waals surface area contributed by atoms with Crippen LogP contribution in [0.1, 0.15) is 33.9 Å². The topological polar surface area (TPSA) is 62.7 Å². The van der Waals surface area contributed by atoms with Crippen molar-refractivity contribution in [3.05, 3.63) is 71.3 Å².